The van der Waals surface area contributed by atoms with Gasteiger partial charge in [-0.2, -0.15) is 0 Å². The van der Waals surface area contributed by atoms with Gasteiger partial charge in [-0.25, -0.2) is 9.37 Å². The van der Waals surface area contributed by atoms with Crippen LogP contribution < -0.4 is 10.6 Å². The SMILES string of the molecule is CC(C(=O)NC(c1cccc(F)c1)c1nccn1C)C1CNC1. The first-order chi connectivity index (χ1) is 11.1. The van der Waals surface area contributed by atoms with Crippen LogP contribution in [0.4, 0.5) is 4.39 Å². The van der Waals surface area contributed by atoms with Crippen molar-refractivity contribution in [2.24, 2.45) is 18.9 Å². The Morgan fingerprint density at radius 1 is 1.48 bits per heavy atom. The van der Waals surface area contributed by atoms with Gasteiger partial charge in [0, 0.05) is 25.4 Å². The van der Waals surface area contributed by atoms with E-state index in [1.807, 2.05) is 24.7 Å². The molecular formula is C17H21FN4O. The van der Waals surface area contributed by atoms with E-state index in [9.17, 15) is 9.18 Å². The minimum absolute atomic E-state index is 0.0336. The molecule has 0 saturated carbocycles. The van der Waals surface area contributed by atoms with Crippen molar-refractivity contribution in [1.82, 2.24) is 20.2 Å². The lowest BCUT2D eigenvalue weighted by molar-refractivity contribution is -0.127. The summed E-state index contributed by atoms with van der Waals surface area (Å²) in [5.74, 6) is 0.584. The third-order valence-corrected chi connectivity index (χ3v) is 4.52. The maximum Gasteiger partial charge on any atom is 0.224 e. The third kappa shape index (κ3) is 3.27. The molecule has 2 unspecified atom stereocenters. The highest BCUT2D eigenvalue weighted by Gasteiger charge is 2.31. The number of amides is 1. The van der Waals surface area contributed by atoms with Gasteiger partial charge in [0.1, 0.15) is 17.7 Å². The van der Waals surface area contributed by atoms with Crippen LogP contribution in [0.3, 0.4) is 0 Å². The fourth-order valence-corrected chi connectivity index (χ4v) is 2.79. The molecule has 6 heteroatoms. The topological polar surface area (TPSA) is 59.0 Å². The van der Waals surface area contributed by atoms with E-state index in [1.165, 1.54) is 12.1 Å². The van der Waals surface area contributed by atoms with E-state index < -0.39 is 6.04 Å². The van der Waals surface area contributed by atoms with Gasteiger partial charge in [0.15, 0.2) is 0 Å². The second kappa shape index (κ2) is 6.50. The zero-order valence-electron chi connectivity index (χ0n) is 13.3. The molecule has 2 N–H and O–H groups in total. The predicted octanol–water partition coefficient (Wildman–Crippen LogP) is 1.62. The maximum atomic E-state index is 13.6. The molecule has 23 heavy (non-hydrogen) atoms. The molecule has 1 aromatic carbocycles. The zero-order valence-corrected chi connectivity index (χ0v) is 13.3. The monoisotopic (exact) mass is 316 g/mol. The fraction of sp³-hybridized carbons (Fsp3) is 0.412. The molecule has 1 aromatic heterocycles. The first-order valence-electron chi connectivity index (χ1n) is 7.80. The Balaban J connectivity index is 1.86. The normalized spacial score (nSPS) is 17.3. The molecule has 1 fully saturated rings. The molecule has 0 bridgehead atoms. The van der Waals surface area contributed by atoms with Crippen molar-refractivity contribution < 1.29 is 9.18 Å². The van der Waals surface area contributed by atoms with E-state index in [1.54, 1.807) is 18.3 Å². The van der Waals surface area contributed by atoms with Gasteiger partial charge in [0.25, 0.3) is 0 Å². The lowest BCUT2D eigenvalue weighted by Crippen LogP contribution is -2.50. The summed E-state index contributed by atoms with van der Waals surface area (Å²) in [6, 6.07) is 5.82. The molecule has 0 aliphatic carbocycles. The molecule has 1 aliphatic rings. The molecule has 0 radical (unpaired) electrons. The number of aromatic nitrogens is 2. The molecule has 2 atom stereocenters. The summed E-state index contributed by atoms with van der Waals surface area (Å²) >= 11 is 0. The van der Waals surface area contributed by atoms with Gasteiger partial charge < -0.3 is 15.2 Å². The van der Waals surface area contributed by atoms with Crippen molar-refractivity contribution in [3.8, 4) is 0 Å². The van der Waals surface area contributed by atoms with Crippen LogP contribution >= 0.6 is 0 Å². The third-order valence-electron chi connectivity index (χ3n) is 4.52. The molecule has 0 spiro atoms. The van der Waals surface area contributed by atoms with Crippen LogP contribution in [-0.2, 0) is 11.8 Å². The average molecular weight is 316 g/mol. The minimum atomic E-state index is -0.464. The van der Waals surface area contributed by atoms with Gasteiger partial charge in [-0.1, -0.05) is 19.1 Å². The Morgan fingerprint density at radius 3 is 2.83 bits per heavy atom. The van der Waals surface area contributed by atoms with Gasteiger partial charge in [-0.05, 0) is 36.7 Å². The zero-order chi connectivity index (χ0) is 16.4. The average Bonchev–Trinajstić information content (AvgIpc) is 2.88. The summed E-state index contributed by atoms with van der Waals surface area (Å²) in [6.07, 6.45) is 3.49. The van der Waals surface area contributed by atoms with E-state index in [4.69, 9.17) is 0 Å². The number of benzene rings is 1. The summed E-state index contributed by atoms with van der Waals surface area (Å²) in [7, 11) is 1.86. The van der Waals surface area contributed by atoms with E-state index in [0.717, 1.165) is 13.1 Å². The molecule has 2 heterocycles. The van der Waals surface area contributed by atoms with Gasteiger partial charge in [0.05, 0.1) is 0 Å². The van der Waals surface area contributed by atoms with E-state index in [-0.39, 0.29) is 17.6 Å². The molecule has 1 amide bonds. The van der Waals surface area contributed by atoms with E-state index >= 15 is 0 Å². The van der Waals surface area contributed by atoms with Crippen molar-refractivity contribution >= 4 is 5.91 Å². The summed E-state index contributed by atoms with van der Waals surface area (Å²) in [5.41, 5.74) is 0.687. The highest BCUT2D eigenvalue weighted by Crippen LogP contribution is 2.23. The van der Waals surface area contributed by atoms with Crippen molar-refractivity contribution in [3.63, 3.8) is 0 Å². The van der Waals surface area contributed by atoms with Gasteiger partial charge in [-0.15, -0.1) is 0 Å². The second-order valence-corrected chi connectivity index (χ2v) is 6.10. The summed E-state index contributed by atoms with van der Waals surface area (Å²) in [5, 5.41) is 6.22. The molecule has 1 aliphatic heterocycles. The number of halogens is 1. The summed E-state index contributed by atoms with van der Waals surface area (Å²) in [6.45, 7) is 3.66. The number of carbonyl (C=O) groups is 1. The Hall–Kier alpha value is -2.21. The Morgan fingerprint density at radius 2 is 2.26 bits per heavy atom. The number of nitrogens with zero attached hydrogens (tertiary/aromatic N) is 2. The van der Waals surface area contributed by atoms with Gasteiger partial charge in [0.2, 0.25) is 5.91 Å². The van der Waals surface area contributed by atoms with Crippen molar-refractivity contribution in [2.45, 2.75) is 13.0 Å². The quantitative estimate of drug-likeness (QED) is 0.881. The lowest BCUT2D eigenvalue weighted by Gasteiger charge is -2.32. The first kappa shape index (κ1) is 15.7. The number of aryl methyl sites for hydroxylation is 1. The molecule has 122 valence electrons. The highest BCUT2D eigenvalue weighted by molar-refractivity contribution is 5.79. The van der Waals surface area contributed by atoms with E-state index in [0.29, 0.717) is 17.3 Å². The number of hydrogen-bond acceptors (Lipinski definition) is 3. The molecule has 5 nitrogen and oxygen atoms in total. The van der Waals surface area contributed by atoms with Crippen LogP contribution in [-0.4, -0.2) is 28.5 Å². The van der Waals surface area contributed by atoms with Crippen molar-refractivity contribution in [3.05, 3.63) is 53.9 Å². The number of hydrogen-bond donors (Lipinski definition) is 2. The first-order valence-corrected chi connectivity index (χ1v) is 7.80. The highest BCUT2D eigenvalue weighted by atomic mass is 19.1. The van der Waals surface area contributed by atoms with E-state index in [2.05, 4.69) is 15.6 Å². The van der Waals surface area contributed by atoms with Crippen LogP contribution in [0.15, 0.2) is 36.7 Å². The number of carbonyl (C=O) groups excluding carboxylic acids is 1. The number of imidazole rings is 1. The Kier molecular flexibility index (Phi) is 4.43. The lowest BCUT2D eigenvalue weighted by atomic mass is 9.88. The fourth-order valence-electron chi connectivity index (χ4n) is 2.79. The number of rotatable bonds is 5. The summed E-state index contributed by atoms with van der Waals surface area (Å²) in [4.78, 5) is 16.9. The Bertz CT molecular complexity index is 695. The molecule has 2 aromatic rings. The van der Waals surface area contributed by atoms with Crippen LogP contribution in [0.25, 0.3) is 0 Å². The molecule has 1 saturated heterocycles. The largest absolute Gasteiger partial charge is 0.342 e. The van der Waals surface area contributed by atoms with Crippen LogP contribution in [0.2, 0.25) is 0 Å². The van der Waals surface area contributed by atoms with Crippen LogP contribution in [0.1, 0.15) is 24.4 Å². The van der Waals surface area contributed by atoms with Crippen LogP contribution in [0.5, 0.6) is 0 Å². The predicted molar refractivity (Wildman–Crippen MR) is 85.1 cm³/mol. The second-order valence-electron chi connectivity index (χ2n) is 6.10. The standard InChI is InChI=1S/C17H21FN4O/c1-11(13-9-19-10-13)17(23)21-15(16-20-6-7-22(16)2)12-4-3-5-14(18)8-12/h3-8,11,13,15,19H,9-10H2,1-2H3,(H,21,23). The van der Waals surface area contributed by atoms with Crippen molar-refractivity contribution in [2.75, 3.05) is 13.1 Å². The smallest absolute Gasteiger partial charge is 0.224 e. The Labute approximate surface area is 134 Å². The number of nitrogens with one attached hydrogen (secondary N) is 2. The molecule has 3 rings (SSSR count). The van der Waals surface area contributed by atoms with Crippen LogP contribution in [0, 0.1) is 17.7 Å². The summed E-state index contributed by atoms with van der Waals surface area (Å²) < 4.78 is 15.4. The van der Waals surface area contributed by atoms with Gasteiger partial charge in [-0.3, -0.25) is 4.79 Å². The molecular weight excluding hydrogens is 295 g/mol. The van der Waals surface area contributed by atoms with Crippen molar-refractivity contribution in [1.29, 1.82) is 0 Å². The van der Waals surface area contributed by atoms with Gasteiger partial charge >= 0.3 is 0 Å². The minimum Gasteiger partial charge on any atom is -0.342 e. The maximum absolute atomic E-state index is 13.6.